The molecule has 0 aromatic carbocycles. The molecule has 0 heterocycles. The van der Waals surface area contributed by atoms with E-state index < -0.39 is 0 Å². The summed E-state index contributed by atoms with van der Waals surface area (Å²) in [5.41, 5.74) is 6.19. The van der Waals surface area contributed by atoms with Crippen molar-refractivity contribution in [3.63, 3.8) is 0 Å². The largest absolute Gasteiger partial charge is 0.466 e. The smallest absolute Gasteiger partial charge is 0.305 e. The number of hydrogen-bond acceptors (Lipinski definition) is 4. The molecule has 190 valence electrons. The molecule has 1 unspecified atom stereocenters. The van der Waals surface area contributed by atoms with Crippen LogP contribution in [0.3, 0.4) is 0 Å². The van der Waals surface area contributed by atoms with E-state index in [0.717, 1.165) is 70.6 Å². The lowest BCUT2D eigenvalue weighted by Crippen LogP contribution is -2.23. The van der Waals surface area contributed by atoms with Gasteiger partial charge in [-0.25, -0.2) is 0 Å². The molecule has 1 rings (SSSR count). The van der Waals surface area contributed by atoms with Crippen molar-refractivity contribution in [1.29, 1.82) is 0 Å². The molecule has 1 aliphatic rings. The summed E-state index contributed by atoms with van der Waals surface area (Å²) in [6.07, 6.45) is 22.7. The SMILES string of the molecule is CCCCCCCCCCOC(=O)CCCCCC[C@@H]1[C@@H](CCC(N)CCC)CC[C@@H]1O. The number of ether oxygens (including phenoxy) is 1. The highest BCUT2D eigenvalue weighted by molar-refractivity contribution is 5.69. The molecule has 0 aliphatic heterocycles. The summed E-state index contributed by atoms with van der Waals surface area (Å²) in [6, 6.07) is 0.327. The lowest BCUT2D eigenvalue weighted by molar-refractivity contribution is -0.143. The molecule has 0 amide bonds. The van der Waals surface area contributed by atoms with Crippen LogP contribution in [-0.2, 0) is 9.53 Å². The Morgan fingerprint density at radius 1 is 0.844 bits per heavy atom. The van der Waals surface area contributed by atoms with Crippen LogP contribution in [0.2, 0.25) is 0 Å². The van der Waals surface area contributed by atoms with E-state index in [2.05, 4.69) is 13.8 Å². The van der Waals surface area contributed by atoms with Crippen LogP contribution < -0.4 is 5.73 Å². The number of unbranched alkanes of at least 4 members (excludes halogenated alkanes) is 10. The van der Waals surface area contributed by atoms with Gasteiger partial charge < -0.3 is 15.6 Å². The van der Waals surface area contributed by atoms with Gasteiger partial charge in [-0.1, -0.05) is 84.5 Å². The van der Waals surface area contributed by atoms with Gasteiger partial charge in [0.1, 0.15) is 0 Å². The maximum absolute atomic E-state index is 11.9. The molecule has 0 aromatic heterocycles. The highest BCUT2D eigenvalue weighted by Crippen LogP contribution is 2.38. The number of esters is 1. The van der Waals surface area contributed by atoms with Gasteiger partial charge >= 0.3 is 5.97 Å². The van der Waals surface area contributed by atoms with Crippen molar-refractivity contribution in [3.05, 3.63) is 0 Å². The molecule has 1 saturated carbocycles. The molecular weight excluding hydrogens is 398 g/mol. The van der Waals surface area contributed by atoms with Crippen molar-refractivity contribution >= 4 is 5.97 Å². The van der Waals surface area contributed by atoms with Crippen molar-refractivity contribution in [2.45, 2.75) is 154 Å². The summed E-state index contributed by atoms with van der Waals surface area (Å²) in [5, 5.41) is 10.4. The maximum Gasteiger partial charge on any atom is 0.305 e. The molecule has 4 nitrogen and oxygen atoms in total. The second-order valence-electron chi connectivity index (χ2n) is 10.3. The Hall–Kier alpha value is -0.610. The van der Waals surface area contributed by atoms with Crippen LogP contribution in [0, 0.1) is 11.8 Å². The van der Waals surface area contributed by atoms with Gasteiger partial charge in [-0.15, -0.1) is 0 Å². The van der Waals surface area contributed by atoms with E-state index in [4.69, 9.17) is 10.5 Å². The third kappa shape index (κ3) is 14.5. The Balaban J connectivity index is 1.97. The fourth-order valence-corrected chi connectivity index (χ4v) is 5.35. The standard InChI is InChI=1S/C28H55NO3/c1-3-5-6-7-8-9-12-15-23-32-28(31)18-14-11-10-13-17-26-24(20-22-27(26)30)19-21-25(29)16-4-2/h24-27,30H,3-23,29H2,1-2H3/t24-,25?,26+,27-/m0/s1. The molecule has 32 heavy (non-hydrogen) atoms. The first kappa shape index (κ1) is 29.4. The minimum absolute atomic E-state index is 0.0253. The van der Waals surface area contributed by atoms with E-state index in [1.54, 1.807) is 0 Å². The summed E-state index contributed by atoms with van der Waals surface area (Å²) >= 11 is 0. The molecule has 0 radical (unpaired) electrons. The van der Waals surface area contributed by atoms with Crippen LogP contribution in [0.15, 0.2) is 0 Å². The molecule has 4 atom stereocenters. The van der Waals surface area contributed by atoms with Gasteiger partial charge in [-0.05, 0) is 63.2 Å². The lowest BCUT2D eigenvalue weighted by atomic mass is 9.85. The van der Waals surface area contributed by atoms with E-state index in [0.29, 0.717) is 30.9 Å². The van der Waals surface area contributed by atoms with Gasteiger partial charge in [0.25, 0.3) is 0 Å². The zero-order chi connectivity index (χ0) is 23.4. The van der Waals surface area contributed by atoms with Crippen LogP contribution in [0.1, 0.15) is 142 Å². The monoisotopic (exact) mass is 453 g/mol. The van der Waals surface area contributed by atoms with Crippen molar-refractivity contribution in [1.82, 2.24) is 0 Å². The van der Waals surface area contributed by atoms with Crippen LogP contribution in [0.4, 0.5) is 0 Å². The minimum Gasteiger partial charge on any atom is -0.466 e. The van der Waals surface area contributed by atoms with E-state index in [-0.39, 0.29) is 12.1 Å². The molecule has 1 fully saturated rings. The summed E-state index contributed by atoms with van der Waals surface area (Å²) in [7, 11) is 0. The molecule has 0 bridgehead atoms. The lowest BCUT2D eigenvalue weighted by Gasteiger charge is -2.23. The number of nitrogens with two attached hydrogens (primary N) is 1. The molecule has 0 aromatic rings. The van der Waals surface area contributed by atoms with Crippen LogP contribution >= 0.6 is 0 Å². The highest BCUT2D eigenvalue weighted by atomic mass is 16.5. The van der Waals surface area contributed by atoms with Crippen molar-refractivity contribution in [2.24, 2.45) is 17.6 Å². The third-order valence-corrected chi connectivity index (χ3v) is 7.43. The average Bonchev–Trinajstić information content (AvgIpc) is 3.13. The Morgan fingerprint density at radius 2 is 1.50 bits per heavy atom. The van der Waals surface area contributed by atoms with E-state index in [1.165, 1.54) is 51.4 Å². The first-order valence-corrected chi connectivity index (χ1v) is 14.2. The first-order valence-electron chi connectivity index (χ1n) is 14.2. The summed E-state index contributed by atoms with van der Waals surface area (Å²) in [6.45, 7) is 5.04. The van der Waals surface area contributed by atoms with Crippen molar-refractivity contribution < 1.29 is 14.6 Å². The summed E-state index contributed by atoms with van der Waals surface area (Å²) < 4.78 is 5.38. The Labute approximate surface area is 199 Å². The van der Waals surface area contributed by atoms with Gasteiger partial charge in [-0.2, -0.15) is 0 Å². The number of carbonyl (C=O) groups is 1. The fourth-order valence-electron chi connectivity index (χ4n) is 5.35. The molecule has 0 saturated heterocycles. The summed E-state index contributed by atoms with van der Waals surface area (Å²) in [4.78, 5) is 11.9. The Kier molecular flexibility index (Phi) is 18.2. The fraction of sp³-hybridized carbons (Fsp3) is 0.964. The van der Waals surface area contributed by atoms with Gasteiger partial charge in [0, 0.05) is 12.5 Å². The Bertz CT molecular complexity index is 442. The molecule has 4 heteroatoms. The number of hydrogen-bond donors (Lipinski definition) is 2. The van der Waals surface area contributed by atoms with Gasteiger partial charge in [0.05, 0.1) is 12.7 Å². The topological polar surface area (TPSA) is 72.5 Å². The molecule has 1 aliphatic carbocycles. The second kappa shape index (κ2) is 19.8. The molecular formula is C28H55NO3. The highest BCUT2D eigenvalue weighted by Gasteiger charge is 2.34. The second-order valence-corrected chi connectivity index (χ2v) is 10.3. The minimum atomic E-state index is -0.117. The molecule has 0 spiro atoms. The predicted octanol–water partition coefficient (Wildman–Crippen LogP) is 7.31. The average molecular weight is 454 g/mol. The van der Waals surface area contributed by atoms with E-state index >= 15 is 0 Å². The van der Waals surface area contributed by atoms with Crippen molar-refractivity contribution in [2.75, 3.05) is 6.61 Å². The third-order valence-electron chi connectivity index (χ3n) is 7.43. The normalized spacial score (nSPS) is 21.7. The zero-order valence-electron chi connectivity index (χ0n) is 21.5. The van der Waals surface area contributed by atoms with Gasteiger partial charge in [0.15, 0.2) is 0 Å². The van der Waals surface area contributed by atoms with Gasteiger partial charge in [0.2, 0.25) is 0 Å². The van der Waals surface area contributed by atoms with Crippen LogP contribution in [0.5, 0.6) is 0 Å². The van der Waals surface area contributed by atoms with E-state index in [9.17, 15) is 9.90 Å². The zero-order valence-corrected chi connectivity index (χ0v) is 21.5. The van der Waals surface area contributed by atoms with Gasteiger partial charge in [-0.3, -0.25) is 4.79 Å². The maximum atomic E-state index is 11.9. The van der Waals surface area contributed by atoms with Crippen molar-refractivity contribution in [3.8, 4) is 0 Å². The Morgan fingerprint density at radius 3 is 2.22 bits per heavy atom. The quantitative estimate of drug-likeness (QED) is 0.141. The number of rotatable bonds is 21. The number of aliphatic hydroxyl groups is 1. The summed E-state index contributed by atoms with van der Waals surface area (Å²) in [5.74, 6) is 1.09. The van der Waals surface area contributed by atoms with Crippen LogP contribution in [-0.4, -0.2) is 29.8 Å². The molecule has 3 N–H and O–H groups in total. The predicted molar refractivity (Wildman–Crippen MR) is 136 cm³/mol. The van der Waals surface area contributed by atoms with Crippen LogP contribution in [0.25, 0.3) is 0 Å². The number of aliphatic hydroxyl groups excluding tert-OH is 1. The van der Waals surface area contributed by atoms with E-state index in [1.807, 2.05) is 0 Å². The number of carbonyl (C=O) groups excluding carboxylic acids is 1. The first-order chi connectivity index (χ1) is 15.6.